The van der Waals surface area contributed by atoms with Gasteiger partial charge in [-0.25, -0.2) is 4.98 Å². The average molecular weight is 365 g/mol. The number of anilines is 3. The molecule has 1 aromatic carbocycles. The second-order valence-corrected chi connectivity index (χ2v) is 6.52. The van der Waals surface area contributed by atoms with Crippen molar-refractivity contribution >= 4 is 34.3 Å². The molecule has 3 rings (SSSR count). The third kappa shape index (κ3) is 3.81. The number of nitrogens with zero attached hydrogens (tertiary/aromatic N) is 4. The number of pyridine rings is 1. The van der Waals surface area contributed by atoms with Gasteiger partial charge < -0.3 is 10.2 Å². The lowest BCUT2D eigenvalue weighted by molar-refractivity contribution is -0.116. The van der Waals surface area contributed by atoms with Crippen LogP contribution in [0.5, 0.6) is 0 Å². The summed E-state index contributed by atoms with van der Waals surface area (Å²) < 4.78 is 1.70. The molecule has 0 fully saturated rings. The number of aromatic nitrogens is 3. The van der Waals surface area contributed by atoms with Crippen LogP contribution >= 0.6 is 0 Å². The summed E-state index contributed by atoms with van der Waals surface area (Å²) in [4.78, 5) is 34.2. The Labute approximate surface area is 157 Å². The average Bonchev–Trinajstić information content (AvgIpc) is 2.67. The molecule has 0 saturated heterocycles. The Bertz CT molecular complexity index is 1030. The Kier molecular flexibility index (Phi) is 5.21. The van der Waals surface area contributed by atoms with Crippen LogP contribution in [0, 0.1) is 0 Å². The second kappa shape index (κ2) is 7.57. The fraction of sp³-hybridized carbons (Fsp3) is 0.300. The summed E-state index contributed by atoms with van der Waals surface area (Å²) in [5.74, 6) is 0.384. The van der Waals surface area contributed by atoms with Gasteiger partial charge in [-0.05, 0) is 43.7 Å². The Morgan fingerprint density at radius 3 is 2.56 bits per heavy atom. The molecule has 2 aromatic heterocycles. The van der Waals surface area contributed by atoms with Crippen molar-refractivity contribution in [2.75, 3.05) is 17.3 Å². The minimum Gasteiger partial charge on any atom is -0.324 e. The van der Waals surface area contributed by atoms with Crippen molar-refractivity contribution in [1.82, 2.24) is 14.5 Å². The largest absolute Gasteiger partial charge is 0.324 e. The van der Waals surface area contributed by atoms with Gasteiger partial charge in [-0.3, -0.25) is 14.2 Å². The summed E-state index contributed by atoms with van der Waals surface area (Å²) in [5.41, 5.74) is 2.14. The number of benzene rings is 1. The molecule has 140 valence electrons. The minimum absolute atomic E-state index is 0.0309. The molecule has 2 heterocycles. The number of fused-ring (bicyclic) bond motifs is 1. The maximum atomic E-state index is 12.3. The first-order chi connectivity index (χ1) is 12.9. The molecule has 1 amide bonds. The van der Waals surface area contributed by atoms with Crippen molar-refractivity contribution < 1.29 is 4.79 Å². The van der Waals surface area contributed by atoms with E-state index in [-0.39, 0.29) is 17.5 Å². The molecule has 0 saturated carbocycles. The number of carbonyl (C=O) groups excluding carboxylic acids is 1. The standard InChI is InChI=1S/C20H23N5O2/c1-5-13(2)25-18(27)11-6-15-12-21-20(23-19(15)25)22-16-7-9-17(10-8-16)24(4)14(3)26/h6-13H,5H2,1-4H3,(H,21,22,23). The molecular weight excluding hydrogens is 342 g/mol. The molecule has 3 aromatic rings. The molecular formula is C20H23N5O2. The van der Waals surface area contributed by atoms with E-state index in [4.69, 9.17) is 0 Å². The molecule has 7 heteroatoms. The van der Waals surface area contributed by atoms with Crippen molar-refractivity contribution in [2.24, 2.45) is 0 Å². The van der Waals surface area contributed by atoms with Gasteiger partial charge in [-0.1, -0.05) is 6.92 Å². The quantitative estimate of drug-likeness (QED) is 0.749. The van der Waals surface area contributed by atoms with Gasteiger partial charge in [-0.2, -0.15) is 4.98 Å². The van der Waals surface area contributed by atoms with Gasteiger partial charge in [0.1, 0.15) is 5.65 Å². The van der Waals surface area contributed by atoms with Gasteiger partial charge in [0.05, 0.1) is 0 Å². The number of amides is 1. The smallest absolute Gasteiger partial charge is 0.252 e. The summed E-state index contributed by atoms with van der Waals surface area (Å²) in [6.45, 7) is 5.56. The lowest BCUT2D eigenvalue weighted by atomic mass is 10.2. The molecule has 0 aliphatic rings. The van der Waals surface area contributed by atoms with E-state index in [1.54, 1.807) is 34.8 Å². The van der Waals surface area contributed by atoms with Crippen LogP contribution in [-0.2, 0) is 4.79 Å². The normalized spacial score (nSPS) is 12.0. The van der Waals surface area contributed by atoms with Crippen molar-refractivity contribution in [3.05, 3.63) is 52.9 Å². The van der Waals surface area contributed by atoms with Crippen LogP contribution in [0.25, 0.3) is 11.0 Å². The Hall–Kier alpha value is -3.22. The maximum absolute atomic E-state index is 12.3. The third-order valence-electron chi connectivity index (χ3n) is 4.68. The summed E-state index contributed by atoms with van der Waals surface area (Å²) >= 11 is 0. The Morgan fingerprint density at radius 2 is 1.93 bits per heavy atom. The van der Waals surface area contributed by atoms with Crippen molar-refractivity contribution in [3.8, 4) is 0 Å². The van der Waals surface area contributed by atoms with E-state index in [1.165, 1.54) is 6.92 Å². The maximum Gasteiger partial charge on any atom is 0.252 e. The van der Waals surface area contributed by atoms with Gasteiger partial charge in [0.2, 0.25) is 11.9 Å². The van der Waals surface area contributed by atoms with E-state index in [2.05, 4.69) is 15.3 Å². The van der Waals surface area contributed by atoms with E-state index in [0.29, 0.717) is 11.6 Å². The zero-order valence-corrected chi connectivity index (χ0v) is 15.9. The van der Waals surface area contributed by atoms with Crippen LogP contribution < -0.4 is 15.8 Å². The first kappa shape index (κ1) is 18.6. The van der Waals surface area contributed by atoms with Crippen LogP contribution in [0.1, 0.15) is 33.2 Å². The summed E-state index contributed by atoms with van der Waals surface area (Å²) in [6.07, 6.45) is 2.54. The predicted molar refractivity (Wildman–Crippen MR) is 108 cm³/mol. The van der Waals surface area contributed by atoms with Crippen molar-refractivity contribution in [3.63, 3.8) is 0 Å². The van der Waals surface area contributed by atoms with Crippen molar-refractivity contribution in [2.45, 2.75) is 33.2 Å². The van der Waals surface area contributed by atoms with E-state index in [1.807, 2.05) is 38.1 Å². The number of hydrogen-bond acceptors (Lipinski definition) is 5. The Morgan fingerprint density at radius 1 is 1.22 bits per heavy atom. The summed E-state index contributed by atoms with van der Waals surface area (Å²) in [7, 11) is 1.73. The van der Waals surface area contributed by atoms with Crippen LogP contribution in [0.15, 0.2) is 47.4 Å². The first-order valence-corrected chi connectivity index (χ1v) is 8.90. The van der Waals surface area contributed by atoms with E-state index < -0.39 is 0 Å². The molecule has 1 N–H and O–H groups in total. The highest BCUT2D eigenvalue weighted by Crippen LogP contribution is 2.21. The van der Waals surface area contributed by atoms with Crippen LogP contribution in [0.4, 0.5) is 17.3 Å². The zero-order valence-electron chi connectivity index (χ0n) is 15.9. The molecule has 0 radical (unpaired) electrons. The third-order valence-corrected chi connectivity index (χ3v) is 4.68. The molecule has 0 spiro atoms. The van der Waals surface area contributed by atoms with Crippen LogP contribution in [0.2, 0.25) is 0 Å². The molecule has 27 heavy (non-hydrogen) atoms. The minimum atomic E-state index is -0.0712. The molecule has 7 nitrogen and oxygen atoms in total. The van der Waals surface area contributed by atoms with Gasteiger partial charge in [0.15, 0.2) is 0 Å². The fourth-order valence-corrected chi connectivity index (χ4v) is 2.79. The highest BCUT2D eigenvalue weighted by Gasteiger charge is 2.12. The number of nitrogens with one attached hydrogen (secondary N) is 1. The highest BCUT2D eigenvalue weighted by atomic mass is 16.2. The van der Waals surface area contributed by atoms with Gasteiger partial charge in [-0.15, -0.1) is 0 Å². The summed E-state index contributed by atoms with van der Waals surface area (Å²) in [6, 6.07) is 10.7. The molecule has 0 aliphatic heterocycles. The summed E-state index contributed by atoms with van der Waals surface area (Å²) in [5, 5.41) is 3.97. The number of carbonyl (C=O) groups is 1. The highest BCUT2D eigenvalue weighted by molar-refractivity contribution is 5.91. The van der Waals surface area contributed by atoms with Gasteiger partial charge in [0, 0.05) is 49.0 Å². The second-order valence-electron chi connectivity index (χ2n) is 6.52. The Balaban J connectivity index is 1.94. The monoisotopic (exact) mass is 365 g/mol. The van der Waals surface area contributed by atoms with Gasteiger partial charge in [0.25, 0.3) is 5.56 Å². The molecule has 0 bridgehead atoms. The lowest BCUT2D eigenvalue weighted by Crippen LogP contribution is -2.23. The van der Waals surface area contributed by atoms with Crippen LogP contribution in [-0.4, -0.2) is 27.5 Å². The fourth-order valence-electron chi connectivity index (χ4n) is 2.79. The van der Waals surface area contributed by atoms with E-state index in [9.17, 15) is 9.59 Å². The number of hydrogen-bond donors (Lipinski definition) is 1. The lowest BCUT2D eigenvalue weighted by Gasteiger charge is -2.16. The van der Waals surface area contributed by atoms with E-state index >= 15 is 0 Å². The zero-order chi connectivity index (χ0) is 19.6. The van der Waals surface area contributed by atoms with Crippen LogP contribution in [0.3, 0.4) is 0 Å². The topological polar surface area (TPSA) is 80.1 Å². The van der Waals surface area contributed by atoms with Gasteiger partial charge >= 0.3 is 0 Å². The molecule has 1 unspecified atom stereocenters. The SMILES string of the molecule is CCC(C)n1c(=O)ccc2cnc(Nc3ccc(N(C)C(C)=O)cc3)nc21. The predicted octanol–water partition coefficient (Wildman–Crippen LogP) is 3.49. The molecule has 0 aliphatic carbocycles. The molecule has 1 atom stereocenters. The number of rotatable bonds is 5. The van der Waals surface area contributed by atoms with E-state index in [0.717, 1.165) is 23.2 Å². The first-order valence-electron chi connectivity index (χ1n) is 8.90. The van der Waals surface area contributed by atoms with Crippen molar-refractivity contribution in [1.29, 1.82) is 0 Å².